The molecule has 0 aliphatic heterocycles. The second kappa shape index (κ2) is 6.93. The smallest absolute Gasteiger partial charge is 0.171 e. The van der Waals surface area contributed by atoms with Crippen molar-refractivity contribution in [3.63, 3.8) is 0 Å². The van der Waals surface area contributed by atoms with Gasteiger partial charge in [-0.25, -0.2) is 0 Å². The summed E-state index contributed by atoms with van der Waals surface area (Å²) in [7, 11) is 0. The van der Waals surface area contributed by atoms with Crippen molar-refractivity contribution < 1.29 is 0 Å². The number of benzene rings is 2. The van der Waals surface area contributed by atoms with Crippen LogP contribution in [0.15, 0.2) is 36.4 Å². The first-order chi connectivity index (χ1) is 10.4. The van der Waals surface area contributed by atoms with Crippen molar-refractivity contribution >= 4 is 23.0 Å². The number of anilines is 1. The van der Waals surface area contributed by atoms with Crippen molar-refractivity contribution in [3.05, 3.63) is 64.2 Å². The Bertz CT molecular complexity index is 692. The minimum atomic E-state index is 0.171. The van der Waals surface area contributed by atoms with Crippen molar-refractivity contribution in [3.8, 4) is 0 Å². The van der Waals surface area contributed by atoms with Gasteiger partial charge in [0, 0.05) is 5.69 Å². The molecule has 0 spiro atoms. The van der Waals surface area contributed by atoms with E-state index in [2.05, 4.69) is 75.6 Å². The van der Waals surface area contributed by atoms with Gasteiger partial charge in [-0.05, 0) is 75.2 Å². The monoisotopic (exact) mass is 312 g/mol. The van der Waals surface area contributed by atoms with Crippen molar-refractivity contribution in [1.82, 2.24) is 5.32 Å². The Balaban J connectivity index is 2.08. The fraction of sp³-hybridized carbons (Fsp3) is 0.316. The molecule has 0 aromatic heterocycles. The molecule has 2 aromatic carbocycles. The molecular formula is C19H24N2S. The summed E-state index contributed by atoms with van der Waals surface area (Å²) in [5.74, 6) is 0. The Morgan fingerprint density at radius 1 is 1.00 bits per heavy atom. The summed E-state index contributed by atoms with van der Waals surface area (Å²) < 4.78 is 0. The van der Waals surface area contributed by atoms with Crippen LogP contribution in [0.25, 0.3) is 0 Å². The van der Waals surface area contributed by atoms with E-state index in [4.69, 9.17) is 12.2 Å². The van der Waals surface area contributed by atoms with Gasteiger partial charge in [0.2, 0.25) is 0 Å². The third-order valence-corrected chi connectivity index (χ3v) is 4.32. The zero-order chi connectivity index (χ0) is 16.3. The zero-order valence-electron chi connectivity index (χ0n) is 13.9. The minimum absolute atomic E-state index is 0.171. The standard InChI is InChI=1S/C19H24N2S/c1-12-9-10-14(3)17(11-12)16(5)20-19(22)21-18-8-6-7-13(2)15(18)4/h6-11,16H,1-5H3,(H2,20,21,22). The molecule has 1 unspecified atom stereocenters. The van der Waals surface area contributed by atoms with E-state index in [0.717, 1.165) is 5.69 Å². The number of nitrogens with one attached hydrogen (secondary N) is 2. The van der Waals surface area contributed by atoms with Crippen LogP contribution in [0.5, 0.6) is 0 Å². The van der Waals surface area contributed by atoms with Crippen LogP contribution >= 0.6 is 12.2 Å². The highest BCUT2D eigenvalue weighted by atomic mass is 32.1. The predicted molar refractivity (Wildman–Crippen MR) is 99.6 cm³/mol. The van der Waals surface area contributed by atoms with Gasteiger partial charge in [0.15, 0.2) is 5.11 Å². The maximum atomic E-state index is 5.47. The third kappa shape index (κ3) is 3.86. The van der Waals surface area contributed by atoms with Gasteiger partial charge in [-0.15, -0.1) is 0 Å². The topological polar surface area (TPSA) is 24.1 Å². The van der Waals surface area contributed by atoms with E-state index in [1.54, 1.807) is 0 Å². The summed E-state index contributed by atoms with van der Waals surface area (Å²) in [5.41, 5.74) is 7.37. The maximum Gasteiger partial charge on any atom is 0.171 e. The first kappa shape index (κ1) is 16.5. The highest BCUT2D eigenvalue weighted by Gasteiger charge is 2.11. The quantitative estimate of drug-likeness (QED) is 0.783. The number of hydrogen-bond acceptors (Lipinski definition) is 1. The fourth-order valence-corrected chi connectivity index (χ4v) is 2.83. The molecule has 2 aromatic rings. The van der Waals surface area contributed by atoms with E-state index in [-0.39, 0.29) is 6.04 Å². The molecule has 0 aliphatic carbocycles. The molecule has 0 bridgehead atoms. The summed E-state index contributed by atoms with van der Waals surface area (Å²) in [4.78, 5) is 0. The number of hydrogen-bond donors (Lipinski definition) is 2. The second-order valence-electron chi connectivity index (χ2n) is 5.93. The van der Waals surface area contributed by atoms with Gasteiger partial charge in [0.25, 0.3) is 0 Å². The molecule has 0 amide bonds. The van der Waals surface area contributed by atoms with Crippen LogP contribution in [0, 0.1) is 27.7 Å². The molecule has 22 heavy (non-hydrogen) atoms. The van der Waals surface area contributed by atoms with Gasteiger partial charge in [0.1, 0.15) is 0 Å². The maximum absolute atomic E-state index is 5.47. The molecule has 0 saturated heterocycles. The average molecular weight is 312 g/mol. The van der Waals surface area contributed by atoms with Crippen LogP contribution in [-0.4, -0.2) is 5.11 Å². The second-order valence-corrected chi connectivity index (χ2v) is 6.34. The molecule has 2 rings (SSSR count). The summed E-state index contributed by atoms with van der Waals surface area (Å²) in [6.07, 6.45) is 0. The Morgan fingerprint density at radius 2 is 1.73 bits per heavy atom. The molecule has 0 radical (unpaired) electrons. The lowest BCUT2D eigenvalue weighted by Crippen LogP contribution is -2.31. The summed E-state index contributed by atoms with van der Waals surface area (Å²) in [5, 5.41) is 7.34. The van der Waals surface area contributed by atoms with Gasteiger partial charge >= 0.3 is 0 Å². The third-order valence-electron chi connectivity index (χ3n) is 4.10. The molecule has 0 fully saturated rings. The van der Waals surface area contributed by atoms with E-state index in [1.807, 2.05) is 6.07 Å². The molecule has 1 atom stereocenters. The molecule has 2 nitrogen and oxygen atoms in total. The van der Waals surface area contributed by atoms with Crippen molar-refractivity contribution in [2.45, 2.75) is 40.7 Å². The van der Waals surface area contributed by atoms with Gasteiger partial charge in [-0.3, -0.25) is 0 Å². The van der Waals surface area contributed by atoms with Crippen molar-refractivity contribution in [2.75, 3.05) is 5.32 Å². The van der Waals surface area contributed by atoms with Gasteiger partial charge in [-0.2, -0.15) is 0 Å². The Morgan fingerprint density at radius 3 is 2.45 bits per heavy atom. The van der Waals surface area contributed by atoms with Crippen LogP contribution in [0.3, 0.4) is 0 Å². The number of aryl methyl sites for hydroxylation is 3. The lowest BCUT2D eigenvalue weighted by atomic mass is 10.0. The van der Waals surface area contributed by atoms with Crippen molar-refractivity contribution in [2.24, 2.45) is 0 Å². The Kier molecular flexibility index (Phi) is 5.19. The van der Waals surface area contributed by atoms with Crippen LogP contribution < -0.4 is 10.6 Å². The van der Waals surface area contributed by atoms with E-state index in [1.165, 1.54) is 27.8 Å². The normalized spacial score (nSPS) is 11.9. The van der Waals surface area contributed by atoms with Gasteiger partial charge in [-0.1, -0.05) is 35.9 Å². The summed E-state index contributed by atoms with van der Waals surface area (Å²) in [6, 6.07) is 12.9. The van der Waals surface area contributed by atoms with E-state index >= 15 is 0 Å². The van der Waals surface area contributed by atoms with Crippen LogP contribution in [-0.2, 0) is 0 Å². The Labute approximate surface area is 139 Å². The van der Waals surface area contributed by atoms with Crippen LogP contribution in [0.2, 0.25) is 0 Å². The predicted octanol–water partition coefficient (Wildman–Crippen LogP) is 4.97. The van der Waals surface area contributed by atoms with Crippen LogP contribution in [0.1, 0.15) is 40.8 Å². The lowest BCUT2D eigenvalue weighted by molar-refractivity contribution is 0.716. The SMILES string of the molecule is Cc1ccc(C)c(C(C)NC(=S)Nc2cccc(C)c2C)c1. The molecular weight excluding hydrogens is 288 g/mol. The van der Waals surface area contributed by atoms with Crippen molar-refractivity contribution in [1.29, 1.82) is 0 Å². The summed E-state index contributed by atoms with van der Waals surface area (Å²) >= 11 is 5.47. The first-order valence-electron chi connectivity index (χ1n) is 7.59. The fourth-order valence-electron chi connectivity index (χ4n) is 2.55. The molecule has 2 N–H and O–H groups in total. The lowest BCUT2D eigenvalue weighted by Gasteiger charge is -2.20. The highest BCUT2D eigenvalue weighted by Crippen LogP contribution is 2.20. The number of rotatable bonds is 3. The van der Waals surface area contributed by atoms with Gasteiger partial charge < -0.3 is 10.6 Å². The van der Waals surface area contributed by atoms with Gasteiger partial charge in [0.05, 0.1) is 6.04 Å². The molecule has 0 aliphatic rings. The zero-order valence-corrected chi connectivity index (χ0v) is 14.8. The minimum Gasteiger partial charge on any atom is -0.356 e. The van der Waals surface area contributed by atoms with E-state index in [0.29, 0.717) is 5.11 Å². The summed E-state index contributed by atoms with van der Waals surface area (Å²) in [6.45, 7) is 10.6. The average Bonchev–Trinajstić information content (AvgIpc) is 2.46. The van der Waals surface area contributed by atoms with E-state index < -0.39 is 0 Å². The first-order valence-corrected chi connectivity index (χ1v) is 8.00. The molecule has 0 heterocycles. The molecule has 0 saturated carbocycles. The number of thiocarbonyl (C=S) groups is 1. The molecule has 116 valence electrons. The van der Waals surface area contributed by atoms with E-state index in [9.17, 15) is 0 Å². The molecule has 3 heteroatoms. The highest BCUT2D eigenvalue weighted by molar-refractivity contribution is 7.80. The van der Waals surface area contributed by atoms with Crippen LogP contribution in [0.4, 0.5) is 5.69 Å². The largest absolute Gasteiger partial charge is 0.356 e. The Hall–Kier alpha value is -1.87.